The van der Waals surface area contributed by atoms with Crippen LogP contribution in [0.3, 0.4) is 0 Å². The molecule has 0 unspecified atom stereocenters. The second kappa shape index (κ2) is 8.19. The highest BCUT2D eigenvalue weighted by atomic mass is 15.0. The van der Waals surface area contributed by atoms with Crippen LogP contribution in [0.4, 0.5) is 0 Å². The molecule has 5 aromatic rings. The minimum absolute atomic E-state index is 0.429. The Hall–Kier alpha value is -3.39. The number of pyridine rings is 1. The van der Waals surface area contributed by atoms with Gasteiger partial charge in [-0.05, 0) is 53.0 Å². The van der Waals surface area contributed by atoms with Gasteiger partial charge < -0.3 is 4.57 Å². The zero-order valence-electron chi connectivity index (χ0n) is 20.6. The molecule has 2 heterocycles. The third-order valence-corrected chi connectivity index (χ3v) is 6.94. The lowest BCUT2D eigenvalue weighted by molar-refractivity contribution is -0.659. The van der Waals surface area contributed by atoms with Crippen LogP contribution in [0.15, 0.2) is 79.0 Å². The average molecular weight is 434 g/mol. The maximum absolute atomic E-state index is 2.54. The van der Waals surface area contributed by atoms with Crippen LogP contribution in [-0.2, 0) is 7.05 Å². The predicted octanol–water partition coefficient (Wildman–Crippen LogP) is 7.83. The molecule has 0 fully saturated rings. The van der Waals surface area contributed by atoms with Crippen molar-refractivity contribution < 1.29 is 4.57 Å². The van der Waals surface area contributed by atoms with E-state index in [1.807, 2.05) is 0 Å². The van der Waals surface area contributed by atoms with Gasteiger partial charge in [0.15, 0.2) is 6.20 Å². The molecular formula is C31H33N2+. The molecular weight excluding hydrogens is 400 g/mol. The van der Waals surface area contributed by atoms with Crippen molar-refractivity contribution in [3.63, 3.8) is 0 Å². The highest BCUT2D eigenvalue weighted by molar-refractivity contribution is 5.94. The van der Waals surface area contributed by atoms with E-state index in [4.69, 9.17) is 0 Å². The molecule has 0 aliphatic heterocycles. The summed E-state index contributed by atoms with van der Waals surface area (Å²) in [6.45, 7) is 11.5. The number of nitrogens with zero attached hydrogens (tertiary/aromatic N) is 2. The number of benzene rings is 3. The fraction of sp³-hybridized carbons (Fsp3) is 0.258. The zero-order valence-corrected chi connectivity index (χ0v) is 20.6. The minimum atomic E-state index is 0.429. The first-order valence-corrected chi connectivity index (χ1v) is 12.0. The van der Waals surface area contributed by atoms with E-state index in [0.717, 1.165) is 0 Å². The second-order valence-electron chi connectivity index (χ2n) is 9.82. The molecule has 0 amide bonds. The van der Waals surface area contributed by atoms with Gasteiger partial charge in [0.1, 0.15) is 12.7 Å². The van der Waals surface area contributed by atoms with Crippen LogP contribution >= 0.6 is 0 Å². The van der Waals surface area contributed by atoms with Crippen LogP contribution < -0.4 is 4.57 Å². The molecule has 33 heavy (non-hydrogen) atoms. The number of aryl methyl sites for hydroxylation is 2. The van der Waals surface area contributed by atoms with Crippen LogP contribution in [0, 0.1) is 6.92 Å². The quantitative estimate of drug-likeness (QED) is 0.255. The number of hydrogen-bond donors (Lipinski definition) is 0. The maximum Gasteiger partial charge on any atom is 0.230 e. The molecule has 0 aliphatic rings. The lowest BCUT2D eigenvalue weighted by Gasteiger charge is -2.23. The average Bonchev–Trinajstić information content (AvgIpc) is 3.10. The molecule has 0 radical (unpaired) electrons. The van der Waals surface area contributed by atoms with Crippen molar-refractivity contribution in [1.29, 1.82) is 0 Å². The van der Waals surface area contributed by atoms with Crippen LogP contribution in [0.1, 0.15) is 56.2 Å². The molecule has 2 aromatic heterocycles. The van der Waals surface area contributed by atoms with Gasteiger partial charge in [0.25, 0.3) is 0 Å². The summed E-state index contributed by atoms with van der Waals surface area (Å²) in [5, 5.41) is 3.84. The fourth-order valence-electron chi connectivity index (χ4n) is 5.23. The van der Waals surface area contributed by atoms with Gasteiger partial charge in [-0.2, -0.15) is 4.57 Å². The van der Waals surface area contributed by atoms with Crippen molar-refractivity contribution in [3.8, 4) is 17.1 Å². The first kappa shape index (κ1) is 21.5. The second-order valence-corrected chi connectivity index (χ2v) is 9.82. The summed E-state index contributed by atoms with van der Waals surface area (Å²) >= 11 is 0. The standard InChI is InChI=1S/C31H33N2/c1-20(2)25-15-11-16-26(21(3)4)31(25)33-28-17-10-9-14-27(28)22(5)30(33)29-18-23-12-7-8-13-24(23)19-32(29)6/h7-21H,1-6H3/q+1. The SMILES string of the molecule is Cc1c(-c2cc3ccccc3c[n+]2C)n(-c2c(C(C)C)cccc2C(C)C)c2ccccc12. The maximum atomic E-state index is 2.54. The fourth-order valence-corrected chi connectivity index (χ4v) is 5.23. The highest BCUT2D eigenvalue weighted by Crippen LogP contribution is 2.40. The Morgan fingerprint density at radius 2 is 1.33 bits per heavy atom. The number of fused-ring (bicyclic) bond motifs is 2. The normalized spacial score (nSPS) is 11.9. The molecule has 5 rings (SSSR count). The van der Waals surface area contributed by atoms with Gasteiger partial charge in [-0.15, -0.1) is 0 Å². The van der Waals surface area contributed by atoms with Crippen LogP contribution in [0.25, 0.3) is 38.8 Å². The van der Waals surface area contributed by atoms with E-state index in [0.29, 0.717) is 11.8 Å². The summed E-state index contributed by atoms with van der Waals surface area (Å²) < 4.78 is 4.83. The highest BCUT2D eigenvalue weighted by Gasteiger charge is 2.27. The summed E-state index contributed by atoms with van der Waals surface area (Å²) in [4.78, 5) is 0. The largest absolute Gasteiger partial charge is 0.303 e. The van der Waals surface area contributed by atoms with E-state index in [2.05, 4.69) is 130 Å². The first-order valence-electron chi connectivity index (χ1n) is 12.0. The Bertz CT molecular complexity index is 1460. The molecule has 0 atom stereocenters. The van der Waals surface area contributed by atoms with Gasteiger partial charge in [0.2, 0.25) is 5.69 Å². The molecule has 0 N–H and O–H groups in total. The molecule has 3 aromatic carbocycles. The molecule has 2 nitrogen and oxygen atoms in total. The Labute approximate surface area is 197 Å². The Balaban J connectivity index is 1.97. The van der Waals surface area contributed by atoms with E-state index in [9.17, 15) is 0 Å². The number of hydrogen-bond acceptors (Lipinski definition) is 0. The van der Waals surface area contributed by atoms with Crippen molar-refractivity contribution in [3.05, 3.63) is 95.7 Å². The first-order chi connectivity index (χ1) is 15.9. The summed E-state index contributed by atoms with van der Waals surface area (Å²) in [6.07, 6.45) is 2.25. The Kier molecular flexibility index (Phi) is 5.32. The van der Waals surface area contributed by atoms with Gasteiger partial charge >= 0.3 is 0 Å². The molecule has 0 aliphatic carbocycles. The van der Waals surface area contributed by atoms with Crippen molar-refractivity contribution in [2.75, 3.05) is 0 Å². The molecule has 0 spiro atoms. The van der Waals surface area contributed by atoms with E-state index in [1.54, 1.807) is 0 Å². The van der Waals surface area contributed by atoms with Crippen molar-refractivity contribution in [2.24, 2.45) is 7.05 Å². The number of aromatic nitrogens is 2. The molecule has 0 bridgehead atoms. The third-order valence-electron chi connectivity index (χ3n) is 6.94. The van der Waals surface area contributed by atoms with Crippen LogP contribution in [0.2, 0.25) is 0 Å². The van der Waals surface area contributed by atoms with Gasteiger partial charge in [0.05, 0.1) is 11.2 Å². The monoisotopic (exact) mass is 433 g/mol. The number of para-hydroxylation sites is 2. The summed E-state index contributed by atoms with van der Waals surface area (Å²) in [5.74, 6) is 0.858. The van der Waals surface area contributed by atoms with Gasteiger partial charge in [-0.3, -0.25) is 0 Å². The van der Waals surface area contributed by atoms with Gasteiger partial charge in [0, 0.05) is 16.8 Å². The Morgan fingerprint density at radius 3 is 2.00 bits per heavy atom. The van der Waals surface area contributed by atoms with E-state index in [1.165, 1.54) is 55.4 Å². The summed E-state index contributed by atoms with van der Waals surface area (Å²) in [5.41, 5.74) is 9.24. The van der Waals surface area contributed by atoms with E-state index in [-0.39, 0.29) is 0 Å². The van der Waals surface area contributed by atoms with Crippen molar-refractivity contribution in [2.45, 2.75) is 46.5 Å². The van der Waals surface area contributed by atoms with E-state index >= 15 is 0 Å². The minimum Gasteiger partial charge on any atom is -0.303 e. The topological polar surface area (TPSA) is 8.81 Å². The molecule has 2 heteroatoms. The predicted molar refractivity (Wildman–Crippen MR) is 140 cm³/mol. The smallest absolute Gasteiger partial charge is 0.230 e. The van der Waals surface area contributed by atoms with Crippen LogP contribution in [0.5, 0.6) is 0 Å². The summed E-state index contributed by atoms with van der Waals surface area (Å²) in [7, 11) is 2.17. The summed E-state index contributed by atoms with van der Waals surface area (Å²) in [6, 6.07) is 26.7. The lowest BCUT2D eigenvalue weighted by atomic mass is 9.92. The van der Waals surface area contributed by atoms with Gasteiger partial charge in [-0.25, -0.2) is 0 Å². The van der Waals surface area contributed by atoms with E-state index < -0.39 is 0 Å². The number of rotatable bonds is 4. The Morgan fingerprint density at radius 1 is 0.727 bits per heavy atom. The van der Waals surface area contributed by atoms with Crippen molar-refractivity contribution >= 4 is 21.7 Å². The van der Waals surface area contributed by atoms with Crippen molar-refractivity contribution in [1.82, 2.24) is 4.57 Å². The van der Waals surface area contributed by atoms with Gasteiger partial charge in [-0.1, -0.05) is 82.3 Å². The zero-order chi connectivity index (χ0) is 23.3. The molecule has 0 saturated heterocycles. The third kappa shape index (κ3) is 3.45. The molecule has 0 saturated carbocycles. The molecule has 166 valence electrons. The van der Waals surface area contributed by atoms with Crippen LogP contribution in [-0.4, -0.2) is 4.57 Å². The lowest BCUT2D eigenvalue weighted by Crippen LogP contribution is -2.31.